The number of hydrogen-bond donors (Lipinski definition) is 2. The van der Waals surface area contributed by atoms with Gasteiger partial charge in [0.05, 0.1) is 6.61 Å². The van der Waals surface area contributed by atoms with Crippen molar-refractivity contribution in [3.05, 3.63) is 59.2 Å². The van der Waals surface area contributed by atoms with E-state index in [0.29, 0.717) is 6.54 Å². The molecule has 0 aromatic heterocycles. The Balaban J connectivity index is 2.07. The van der Waals surface area contributed by atoms with Gasteiger partial charge in [-0.05, 0) is 34.4 Å². The predicted molar refractivity (Wildman–Crippen MR) is 69.0 cm³/mol. The highest BCUT2D eigenvalue weighted by atomic mass is 16.3. The van der Waals surface area contributed by atoms with E-state index in [4.69, 9.17) is 5.11 Å². The van der Waals surface area contributed by atoms with Crippen molar-refractivity contribution in [2.24, 2.45) is 0 Å². The number of hydrogen-bond acceptors (Lipinski definition) is 2. The van der Waals surface area contributed by atoms with Crippen molar-refractivity contribution < 1.29 is 9.90 Å². The Morgan fingerprint density at radius 1 is 1.11 bits per heavy atom. The van der Waals surface area contributed by atoms with Crippen LogP contribution in [-0.2, 0) is 13.2 Å². The zero-order chi connectivity index (χ0) is 12.5. The molecular formula is C15H13NO2. The number of amides is 1. The Labute approximate surface area is 105 Å². The first-order chi connectivity index (χ1) is 8.78. The first-order valence-electron chi connectivity index (χ1n) is 5.89. The summed E-state index contributed by atoms with van der Waals surface area (Å²) >= 11 is 0. The number of benzene rings is 2. The van der Waals surface area contributed by atoms with E-state index < -0.39 is 0 Å². The van der Waals surface area contributed by atoms with E-state index in [9.17, 15) is 4.79 Å². The topological polar surface area (TPSA) is 49.3 Å². The van der Waals surface area contributed by atoms with Gasteiger partial charge in [0, 0.05) is 12.1 Å². The van der Waals surface area contributed by atoms with Crippen molar-refractivity contribution in [1.82, 2.24) is 5.32 Å². The molecule has 18 heavy (non-hydrogen) atoms. The van der Waals surface area contributed by atoms with Crippen LogP contribution in [0.1, 0.15) is 21.5 Å². The molecular weight excluding hydrogens is 226 g/mol. The molecule has 0 bridgehead atoms. The molecule has 2 aromatic rings. The number of carbonyl (C=O) groups is 1. The Bertz CT molecular complexity index is 620. The average Bonchev–Trinajstić information content (AvgIpc) is 2.80. The van der Waals surface area contributed by atoms with Crippen LogP contribution >= 0.6 is 0 Å². The van der Waals surface area contributed by atoms with E-state index in [0.717, 1.165) is 27.8 Å². The second kappa shape index (κ2) is 4.27. The lowest BCUT2D eigenvalue weighted by Crippen LogP contribution is -2.12. The molecule has 3 nitrogen and oxygen atoms in total. The minimum Gasteiger partial charge on any atom is -0.392 e. The van der Waals surface area contributed by atoms with E-state index in [1.165, 1.54) is 0 Å². The lowest BCUT2D eigenvalue weighted by molar-refractivity contribution is 0.0966. The molecule has 2 N–H and O–H groups in total. The smallest absolute Gasteiger partial charge is 0.251 e. The quantitative estimate of drug-likeness (QED) is 0.843. The summed E-state index contributed by atoms with van der Waals surface area (Å²) in [4.78, 5) is 11.6. The SMILES string of the molecule is O=C1NCc2ccc(-c3cccc(CO)c3)cc21. The van der Waals surface area contributed by atoms with Crippen molar-refractivity contribution in [3.63, 3.8) is 0 Å². The van der Waals surface area contributed by atoms with Crippen LogP contribution in [0.3, 0.4) is 0 Å². The maximum absolute atomic E-state index is 11.6. The number of fused-ring (bicyclic) bond motifs is 1. The molecule has 90 valence electrons. The van der Waals surface area contributed by atoms with Gasteiger partial charge in [0.1, 0.15) is 0 Å². The first-order valence-corrected chi connectivity index (χ1v) is 5.89. The minimum atomic E-state index is -0.00911. The molecule has 1 amide bonds. The Hall–Kier alpha value is -2.13. The highest BCUT2D eigenvalue weighted by Crippen LogP contribution is 2.25. The highest BCUT2D eigenvalue weighted by Gasteiger charge is 2.18. The first kappa shape index (κ1) is 11.0. The summed E-state index contributed by atoms with van der Waals surface area (Å²) < 4.78 is 0. The van der Waals surface area contributed by atoms with Gasteiger partial charge in [-0.2, -0.15) is 0 Å². The molecule has 3 rings (SSSR count). The lowest BCUT2D eigenvalue weighted by atomic mass is 9.99. The lowest BCUT2D eigenvalue weighted by Gasteiger charge is -2.05. The van der Waals surface area contributed by atoms with E-state index in [-0.39, 0.29) is 12.5 Å². The average molecular weight is 239 g/mol. The van der Waals surface area contributed by atoms with Crippen molar-refractivity contribution in [1.29, 1.82) is 0 Å². The Morgan fingerprint density at radius 3 is 2.78 bits per heavy atom. The van der Waals surface area contributed by atoms with Crippen LogP contribution in [0, 0.1) is 0 Å². The zero-order valence-electron chi connectivity index (χ0n) is 9.81. The molecule has 0 aliphatic carbocycles. The standard InChI is InChI=1S/C15H13NO2/c17-9-10-2-1-3-11(6-10)12-4-5-13-8-16-15(18)14(13)7-12/h1-7,17H,8-9H2,(H,16,18). The van der Waals surface area contributed by atoms with Gasteiger partial charge < -0.3 is 10.4 Å². The number of aliphatic hydroxyl groups excluding tert-OH is 1. The molecule has 3 heteroatoms. The number of nitrogens with one attached hydrogen (secondary N) is 1. The monoisotopic (exact) mass is 239 g/mol. The third kappa shape index (κ3) is 1.79. The molecule has 0 fully saturated rings. The van der Waals surface area contributed by atoms with Crippen LogP contribution in [0.15, 0.2) is 42.5 Å². The normalized spacial score (nSPS) is 13.3. The van der Waals surface area contributed by atoms with E-state index in [1.54, 1.807) is 0 Å². The Morgan fingerprint density at radius 2 is 1.94 bits per heavy atom. The minimum absolute atomic E-state index is 0.00911. The number of aliphatic hydroxyl groups is 1. The van der Waals surface area contributed by atoms with Gasteiger partial charge in [-0.1, -0.05) is 30.3 Å². The molecule has 0 saturated carbocycles. The van der Waals surface area contributed by atoms with E-state index >= 15 is 0 Å². The fourth-order valence-corrected chi connectivity index (χ4v) is 2.24. The van der Waals surface area contributed by atoms with Crippen LogP contribution < -0.4 is 5.32 Å². The van der Waals surface area contributed by atoms with Gasteiger partial charge in [0.15, 0.2) is 0 Å². The van der Waals surface area contributed by atoms with E-state index in [1.807, 2.05) is 42.5 Å². The van der Waals surface area contributed by atoms with Gasteiger partial charge in [-0.25, -0.2) is 0 Å². The maximum Gasteiger partial charge on any atom is 0.251 e. The van der Waals surface area contributed by atoms with Crippen LogP contribution in [0.5, 0.6) is 0 Å². The molecule has 2 aromatic carbocycles. The van der Waals surface area contributed by atoms with Gasteiger partial charge >= 0.3 is 0 Å². The maximum atomic E-state index is 11.6. The summed E-state index contributed by atoms with van der Waals surface area (Å²) in [5, 5.41) is 11.9. The highest BCUT2D eigenvalue weighted by molar-refractivity contribution is 5.99. The van der Waals surface area contributed by atoms with Crippen molar-refractivity contribution in [2.45, 2.75) is 13.2 Å². The molecule has 1 aliphatic rings. The summed E-state index contributed by atoms with van der Waals surface area (Å²) in [5.41, 5.74) is 4.69. The summed E-state index contributed by atoms with van der Waals surface area (Å²) in [6.07, 6.45) is 0. The molecule has 0 atom stereocenters. The summed E-state index contributed by atoms with van der Waals surface area (Å²) in [6.45, 7) is 0.643. The number of rotatable bonds is 2. The molecule has 0 spiro atoms. The van der Waals surface area contributed by atoms with Crippen molar-refractivity contribution in [2.75, 3.05) is 0 Å². The number of carbonyl (C=O) groups excluding carboxylic acids is 1. The largest absolute Gasteiger partial charge is 0.392 e. The van der Waals surface area contributed by atoms with Crippen molar-refractivity contribution >= 4 is 5.91 Å². The van der Waals surface area contributed by atoms with Gasteiger partial charge in [0.25, 0.3) is 5.91 Å². The van der Waals surface area contributed by atoms with Gasteiger partial charge in [-0.3, -0.25) is 4.79 Å². The Kier molecular flexibility index (Phi) is 2.61. The second-order valence-corrected chi connectivity index (χ2v) is 4.41. The van der Waals surface area contributed by atoms with Crippen LogP contribution in [-0.4, -0.2) is 11.0 Å². The summed E-state index contributed by atoms with van der Waals surface area (Å²) in [5.74, 6) is -0.00911. The van der Waals surface area contributed by atoms with Crippen LogP contribution in [0.25, 0.3) is 11.1 Å². The molecule has 0 radical (unpaired) electrons. The van der Waals surface area contributed by atoms with E-state index in [2.05, 4.69) is 5.32 Å². The van der Waals surface area contributed by atoms with Gasteiger partial charge in [0.2, 0.25) is 0 Å². The van der Waals surface area contributed by atoms with Gasteiger partial charge in [-0.15, -0.1) is 0 Å². The molecule has 1 aliphatic heterocycles. The third-order valence-corrected chi connectivity index (χ3v) is 3.24. The molecule has 1 heterocycles. The van der Waals surface area contributed by atoms with Crippen LogP contribution in [0.4, 0.5) is 0 Å². The second-order valence-electron chi connectivity index (χ2n) is 4.41. The van der Waals surface area contributed by atoms with Crippen molar-refractivity contribution in [3.8, 4) is 11.1 Å². The van der Waals surface area contributed by atoms with Crippen LogP contribution in [0.2, 0.25) is 0 Å². The fraction of sp³-hybridized carbons (Fsp3) is 0.133. The third-order valence-electron chi connectivity index (χ3n) is 3.24. The molecule has 0 unspecified atom stereocenters. The fourth-order valence-electron chi connectivity index (χ4n) is 2.24. The summed E-state index contributed by atoms with van der Waals surface area (Å²) in [7, 11) is 0. The molecule has 0 saturated heterocycles. The predicted octanol–water partition coefficient (Wildman–Crippen LogP) is 2.09. The zero-order valence-corrected chi connectivity index (χ0v) is 9.81. The summed E-state index contributed by atoms with van der Waals surface area (Å²) in [6, 6.07) is 13.6.